The van der Waals surface area contributed by atoms with E-state index in [-0.39, 0.29) is 0 Å². The summed E-state index contributed by atoms with van der Waals surface area (Å²) in [5.41, 5.74) is 12.9. The quantitative estimate of drug-likeness (QED) is 0.157. The molecule has 272 valence electrons. The van der Waals surface area contributed by atoms with Crippen molar-refractivity contribution in [1.29, 1.82) is 0 Å². The summed E-state index contributed by atoms with van der Waals surface area (Å²) in [4.78, 5) is 2.47. The van der Waals surface area contributed by atoms with Crippen molar-refractivity contribution in [2.45, 2.75) is 0 Å². The van der Waals surface area contributed by atoms with E-state index in [4.69, 9.17) is 0 Å². The lowest BCUT2D eigenvalue weighted by molar-refractivity contribution is 1.28. The van der Waals surface area contributed by atoms with Crippen molar-refractivity contribution in [2.75, 3.05) is 4.90 Å². The van der Waals surface area contributed by atoms with Gasteiger partial charge in [0.2, 0.25) is 0 Å². The molecule has 0 aliphatic carbocycles. The van der Waals surface area contributed by atoms with E-state index < -0.39 is 0 Å². The molecule has 58 heavy (non-hydrogen) atoms. The van der Waals surface area contributed by atoms with Crippen LogP contribution >= 0.6 is 11.3 Å². The Morgan fingerprint density at radius 1 is 0.293 bits per heavy atom. The first-order valence-electron chi connectivity index (χ1n) is 19.8. The number of nitrogens with zero attached hydrogens (tertiary/aromatic N) is 1. The smallest absolute Gasteiger partial charge is 0.0540 e. The molecule has 0 atom stereocenters. The van der Waals surface area contributed by atoms with Crippen LogP contribution in [0.25, 0.3) is 86.2 Å². The molecule has 0 aliphatic rings. The van der Waals surface area contributed by atoms with Crippen molar-refractivity contribution in [1.82, 2.24) is 0 Å². The number of hydrogen-bond acceptors (Lipinski definition) is 2. The minimum Gasteiger partial charge on any atom is -0.309 e. The molecule has 0 spiro atoms. The van der Waals surface area contributed by atoms with Crippen LogP contribution in [0.4, 0.5) is 17.1 Å². The van der Waals surface area contributed by atoms with E-state index in [1.807, 2.05) is 11.3 Å². The lowest BCUT2D eigenvalue weighted by Gasteiger charge is -2.30. The molecule has 0 aliphatic heterocycles. The van der Waals surface area contributed by atoms with Gasteiger partial charge in [0.05, 0.1) is 11.4 Å². The topological polar surface area (TPSA) is 3.24 Å². The molecular formula is C56H37NS. The summed E-state index contributed by atoms with van der Waals surface area (Å²) < 4.78 is 2.60. The molecule has 2 heteroatoms. The zero-order valence-corrected chi connectivity index (χ0v) is 32.5. The fourth-order valence-electron chi connectivity index (χ4n) is 8.79. The highest BCUT2D eigenvalue weighted by atomic mass is 32.1. The largest absolute Gasteiger partial charge is 0.309 e. The fraction of sp³-hybridized carbons (Fsp3) is 0. The Morgan fingerprint density at radius 3 is 1.60 bits per heavy atom. The summed E-state index contributed by atoms with van der Waals surface area (Å²) in [7, 11) is 0. The molecular weight excluding hydrogens is 719 g/mol. The van der Waals surface area contributed by atoms with Gasteiger partial charge in [-0.05, 0) is 97.4 Å². The molecule has 10 aromatic carbocycles. The standard InChI is InChI=1S/C56H37NS/c1-2-17-41-37-42(32-31-38(41)15-1)46-20-5-6-21-47(46)48-22-7-10-27-52(48)57(43-35-33-40(34-36-43)45-25-13-18-39-16-3-4-19-44(39)45)53-28-11-8-23-49(53)50-26-14-30-55-56(50)51-24-9-12-29-54(51)58-55/h1-37H. The van der Waals surface area contributed by atoms with E-state index in [9.17, 15) is 0 Å². The van der Waals surface area contributed by atoms with E-state index in [1.54, 1.807) is 0 Å². The van der Waals surface area contributed by atoms with Crippen LogP contribution in [0.15, 0.2) is 224 Å². The van der Waals surface area contributed by atoms with Crippen molar-refractivity contribution in [3.05, 3.63) is 224 Å². The number of rotatable bonds is 7. The first kappa shape index (κ1) is 34.0. The second kappa shape index (κ2) is 14.4. The van der Waals surface area contributed by atoms with Gasteiger partial charge in [0.1, 0.15) is 0 Å². The summed E-state index contributed by atoms with van der Waals surface area (Å²) in [6.07, 6.45) is 0. The van der Waals surface area contributed by atoms with Crippen LogP contribution in [0.5, 0.6) is 0 Å². The molecule has 0 amide bonds. The molecule has 0 N–H and O–H groups in total. The van der Waals surface area contributed by atoms with E-state index in [2.05, 4.69) is 229 Å². The summed E-state index contributed by atoms with van der Waals surface area (Å²) >= 11 is 1.86. The first-order valence-corrected chi connectivity index (χ1v) is 20.7. The highest BCUT2D eigenvalue weighted by Crippen LogP contribution is 2.49. The van der Waals surface area contributed by atoms with Crippen LogP contribution in [-0.2, 0) is 0 Å². The van der Waals surface area contributed by atoms with Gasteiger partial charge in [-0.3, -0.25) is 0 Å². The van der Waals surface area contributed by atoms with Crippen LogP contribution in [-0.4, -0.2) is 0 Å². The van der Waals surface area contributed by atoms with E-state index in [0.29, 0.717) is 0 Å². The van der Waals surface area contributed by atoms with Crippen LogP contribution < -0.4 is 4.90 Å². The van der Waals surface area contributed by atoms with E-state index >= 15 is 0 Å². The van der Waals surface area contributed by atoms with Crippen molar-refractivity contribution in [3.8, 4) is 44.5 Å². The van der Waals surface area contributed by atoms with Gasteiger partial charge in [0.15, 0.2) is 0 Å². The maximum Gasteiger partial charge on any atom is 0.0540 e. The monoisotopic (exact) mass is 755 g/mol. The maximum absolute atomic E-state index is 2.47. The Balaban J connectivity index is 1.14. The van der Waals surface area contributed by atoms with Gasteiger partial charge in [0, 0.05) is 37.0 Å². The molecule has 1 heterocycles. The number of anilines is 3. The molecule has 1 nitrogen and oxygen atoms in total. The number of benzene rings is 10. The third-order valence-corrected chi connectivity index (χ3v) is 12.6. The first-order chi connectivity index (χ1) is 28.8. The maximum atomic E-state index is 2.47. The molecule has 11 aromatic rings. The Hall–Kier alpha value is -7.26. The lowest BCUT2D eigenvalue weighted by atomic mass is 9.91. The number of thiophene rings is 1. The van der Waals surface area contributed by atoms with Gasteiger partial charge in [-0.1, -0.05) is 182 Å². The summed E-state index contributed by atoms with van der Waals surface area (Å²) in [6.45, 7) is 0. The van der Waals surface area contributed by atoms with E-state index in [0.717, 1.165) is 17.1 Å². The van der Waals surface area contributed by atoms with Crippen LogP contribution in [0.2, 0.25) is 0 Å². The Morgan fingerprint density at radius 2 is 0.810 bits per heavy atom. The minimum absolute atomic E-state index is 1.09. The number of hydrogen-bond donors (Lipinski definition) is 0. The van der Waals surface area contributed by atoms with Gasteiger partial charge in [-0.25, -0.2) is 0 Å². The van der Waals surface area contributed by atoms with Crippen molar-refractivity contribution < 1.29 is 0 Å². The Bertz CT molecular complexity index is 3290. The highest BCUT2D eigenvalue weighted by molar-refractivity contribution is 7.25. The van der Waals surface area contributed by atoms with Crippen LogP contribution in [0, 0.1) is 0 Å². The SMILES string of the molecule is c1ccc(-c2ccccc2N(c2ccc(-c3cccc4ccccc34)cc2)c2ccccc2-c2cccc3sc4ccccc4c23)c(-c2ccc3ccccc3c2)c1. The van der Waals surface area contributed by atoms with Gasteiger partial charge < -0.3 is 4.90 Å². The second-order valence-corrected chi connectivity index (χ2v) is 15.9. The van der Waals surface area contributed by atoms with Crippen LogP contribution in [0.1, 0.15) is 0 Å². The molecule has 0 radical (unpaired) electrons. The third-order valence-electron chi connectivity index (χ3n) is 11.5. The van der Waals surface area contributed by atoms with Gasteiger partial charge in [0.25, 0.3) is 0 Å². The zero-order chi connectivity index (χ0) is 38.4. The zero-order valence-electron chi connectivity index (χ0n) is 31.7. The minimum atomic E-state index is 1.09. The van der Waals surface area contributed by atoms with Gasteiger partial charge in [-0.15, -0.1) is 11.3 Å². The van der Waals surface area contributed by atoms with Gasteiger partial charge in [-0.2, -0.15) is 0 Å². The molecule has 0 unspecified atom stereocenters. The molecule has 0 bridgehead atoms. The normalized spacial score (nSPS) is 11.4. The van der Waals surface area contributed by atoms with E-state index in [1.165, 1.54) is 86.2 Å². The van der Waals surface area contributed by atoms with Crippen molar-refractivity contribution in [2.24, 2.45) is 0 Å². The summed E-state index contributed by atoms with van der Waals surface area (Å²) in [5, 5.41) is 7.58. The van der Waals surface area contributed by atoms with Gasteiger partial charge >= 0.3 is 0 Å². The molecule has 0 fully saturated rings. The predicted molar refractivity (Wildman–Crippen MR) is 251 cm³/mol. The van der Waals surface area contributed by atoms with Crippen LogP contribution in [0.3, 0.4) is 0 Å². The summed E-state index contributed by atoms with van der Waals surface area (Å²) in [5.74, 6) is 0. The molecule has 1 aromatic heterocycles. The average molecular weight is 756 g/mol. The Kier molecular flexibility index (Phi) is 8.42. The molecule has 11 rings (SSSR count). The Labute approximate surface area is 342 Å². The molecule has 0 saturated carbocycles. The van der Waals surface area contributed by atoms with Crippen molar-refractivity contribution >= 4 is 70.1 Å². The van der Waals surface area contributed by atoms with Crippen molar-refractivity contribution in [3.63, 3.8) is 0 Å². The molecule has 0 saturated heterocycles. The summed E-state index contributed by atoms with van der Waals surface area (Å²) in [6, 6.07) is 82.0. The lowest BCUT2D eigenvalue weighted by Crippen LogP contribution is -2.12. The predicted octanol–water partition coefficient (Wildman–Crippen LogP) is 16.5. The third kappa shape index (κ3) is 5.86. The highest BCUT2D eigenvalue weighted by Gasteiger charge is 2.23. The number of fused-ring (bicyclic) bond motifs is 5. The second-order valence-electron chi connectivity index (χ2n) is 14.8. The average Bonchev–Trinajstić information content (AvgIpc) is 3.69. The fourth-order valence-corrected chi connectivity index (χ4v) is 9.93. The number of para-hydroxylation sites is 2.